The number of allylic oxidation sites excluding steroid dienone is 20. The van der Waals surface area contributed by atoms with Gasteiger partial charge in [0.15, 0.2) is 6.10 Å². The van der Waals surface area contributed by atoms with Gasteiger partial charge in [0.1, 0.15) is 6.61 Å². The fourth-order valence-corrected chi connectivity index (χ4v) is 6.99. The molecule has 0 aliphatic carbocycles. The minimum absolute atomic E-state index is 0.0515. The number of carbonyl (C=O) groups excluding carboxylic acids is 2. The normalized spacial score (nSPS) is 13.2. The van der Waals surface area contributed by atoms with Crippen molar-refractivity contribution in [2.45, 2.75) is 232 Å². The minimum Gasteiger partial charge on any atom is -0.462 e. The van der Waals surface area contributed by atoms with E-state index in [4.69, 9.17) is 14.2 Å². The summed E-state index contributed by atoms with van der Waals surface area (Å²) in [7, 11) is 0. The van der Waals surface area contributed by atoms with Gasteiger partial charge < -0.3 is 14.2 Å². The lowest BCUT2D eigenvalue weighted by molar-refractivity contribution is -0.163. The molecule has 1 atom stereocenters. The van der Waals surface area contributed by atoms with Crippen molar-refractivity contribution >= 4 is 11.9 Å². The van der Waals surface area contributed by atoms with Crippen molar-refractivity contribution in [3.63, 3.8) is 0 Å². The lowest BCUT2D eigenvalue weighted by atomic mass is 10.1. The number of carbonyl (C=O) groups is 2. The van der Waals surface area contributed by atoms with Crippen molar-refractivity contribution in [2.75, 3.05) is 19.8 Å². The summed E-state index contributed by atoms with van der Waals surface area (Å²) in [6.45, 7) is 7.47. The molecule has 0 aromatic carbocycles. The fraction of sp³-hybridized carbons (Fsp3) is 0.639. The van der Waals surface area contributed by atoms with Gasteiger partial charge >= 0.3 is 11.9 Å². The second-order valence-corrected chi connectivity index (χ2v) is 17.4. The van der Waals surface area contributed by atoms with E-state index in [0.717, 1.165) is 135 Å². The first-order valence-electron chi connectivity index (χ1n) is 27.1. The zero-order chi connectivity index (χ0) is 47.7. The van der Waals surface area contributed by atoms with Crippen molar-refractivity contribution in [1.82, 2.24) is 0 Å². The molecule has 5 nitrogen and oxygen atoms in total. The third kappa shape index (κ3) is 52.9. The summed E-state index contributed by atoms with van der Waals surface area (Å²) in [6, 6.07) is 0. The first-order valence-corrected chi connectivity index (χ1v) is 27.1. The molecule has 0 saturated carbocycles. The Morgan fingerprint density at radius 2 is 0.682 bits per heavy atom. The predicted octanol–water partition coefficient (Wildman–Crippen LogP) is 18.6. The van der Waals surface area contributed by atoms with Crippen LogP contribution < -0.4 is 0 Å². The van der Waals surface area contributed by atoms with Gasteiger partial charge in [-0.2, -0.15) is 0 Å². The Kier molecular flexibility index (Phi) is 52.5. The van der Waals surface area contributed by atoms with E-state index < -0.39 is 6.10 Å². The van der Waals surface area contributed by atoms with Crippen LogP contribution in [0.2, 0.25) is 0 Å². The molecule has 374 valence electrons. The first-order chi connectivity index (χ1) is 32.6. The van der Waals surface area contributed by atoms with Gasteiger partial charge in [-0.3, -0.25) is 9.59 Å². The molecular formula is C61H100O5. The molecule has 0 N–H and O–H groups in total. The van der Waals surface area contributed by atoms with E-state index in [9.17, 15) is 9.59 Å². The largest absolute Gasteiger partial charge is 0.462 e. The maximum atomic E-state index is 12.8. The number of ether oxygens (including phenoxy) is 3. The van der Waals surface area contributed by atoms with Gasteiger partial charge in [0.25, 0.3) is 0 Å². The Morgan fingerprint density at radius 3 is 1.09 bits per heavy atom. The van der Waals surface area contributed by atoms with Crippen LogP contribution in [0.5, 0.6) is 0 Å². The number of rotatable bonds is 48. The standard InChI is InChI=1S/C61H100O5/c1-4-7-10-13-16-19-22-25-28-30-31-32-34-36-39-42-45-48-51-54-60(62)65-58-59(57-64-56-53-50-47-44-41-38-35-29-26-23-20-17-14-11-8-5-2)66-61(63)55-52-49-46-43-40-37-33-27-24-21-18-15-12-9-6-3/h7-8,10-11,16-21,25-29,31-33,38,41,59H,4-6,9,12-15,22-24,30,34-37,39-40,42-58H2,1-3H3/b10-7-,11-8-,19-16-,20-17-,21-18-,28-25-,29-26-,32-31-,33-27-,41-38-. The Labute approximate surface area is 407 Å². The van der Waals surface area contributed by atoms with E-state index >= 15 is 0 Å². The second kappa shape index (κ2) is 55.6. The summed E-state index contributed by atoms with van der Waals surface area (Å²) in [6.07, 6.45) is 77.8. The fourth-order valence-electron chi connectivity index (χ4n) is 6.99. The highest BCUT2D eigenvalue weighted by Gasteiger charge is 2.17. The molecule has 0 amide bonds. The maximum absolute atomic E-state index is 12.8. The molecule has 0 aliphatic heterocycles. The molecule has 0 bridgehead atoms. The van der Waals surface area contributed by atoms with Crippen LogP contribution in [0.4, 0.5) is 0 Å². The summed E-state index contributed by atoms with van der Waals surface area (Å²) >= 11 is 0. The van der Waals surface area contributed by atoms with Crippen molar-refractivity contribution in [2.24, 2.45) is 0 Å². The van der Waals surface area contributed by atoms with Crippen LogP contribution in [0, 0.1) is 0 Å². The summed E-state index contributed by atoms with van der Waals surface area (Å²) in [5.41, 5.74) is 0. The molecule has 0 heterocycles. The zero-order valence-corrected chi connectivity index (χ0v) is 42.9. The second-order valence-electron chi connectivity index (χ2n) is 17.4. The Bertz CT molecular complexity index is 1350. The minimum atomic E-state index is -0.575. The quantitative estimate of drug-likeness (QED) is 0.0346. The van der Waals surface area contributed by atoms with Gasteiger partial charge in [-0.05, 0) is 128 Å². The van der Waals surface area contributed by atoms with E-state index in [2.05, 4.69) is 142 Å². The predicted molar refractivity (Wildman–Crippen MR) is 288 cm³/mol. The van der Waals surface area contributed by atoms with E-state index in [1.54, 1.807) is 0 Å². The number of unbranched alkanes of at least 4 members (excludes halogenated alkanes) is 17. The Morgan fingerprint density at radius 1 is 0.348 bits per heavy atom. The third-order valence-electron chi connectivity index (χ3n) is 11.0. The molecule has 0 radical (unpaired) electrons. The lowest BCUT2D eigenvalue weighted by Crippen LogP contribution is -2.30. The molecule has 0 aromatic heterocycles. The van der Waals surface area contributed by atoms with Gasteiger partial charge in [-0.25, -0.2) is 0 Å². The van der Waals surface area contributed by atoms with Gasteiger partial charge in [0, 0.05) is 19.4 Å². The van der Waals surface area contributed by atoms with Gasteiger partial charge in [-0.1, -0.05) is 206 Å². The van der Waals surface area contributed by atoms with Crippen LogP contribution in [0.25, 0.3) is 0 Å². The van der Waals surface area contributed by atoms with E-state index in [1.807, 2.05) is 0 Å². The molecular weight excluding hydrogens is 813 g/mol. The highest BCUT2D eigenvalue weighted by Crippen LogP contribution is 2.13. The Hall–Kier alpha value is -3.70. The molecule has 0 aliphatic rings. The van der Waals surface area contributed by atoms with Crippen molar-refractivity contribution in [3.8, 4) is 0 Å². The van der Waals surface area contributed by atoms with E-state index in [1.165, 1.54) is 57.8 Å². The number of hydrogen-bond donors (Lipinski definition) is 0. The van der Waals surface area contributed by atoms with E-state index in [-0.39, 0.29) is 25.2 Å². The van der Waals surface area contributed by atoms with Crippen LogP contribution in [-0.4, -0.2) is 37.9 Å². The molecule has 0 spiro atoms. The summed E-state index contributed by atoms with van der Waals surface area (Å²) < 4.78 is 17.4. The van der Waals surface area contributed by atoms with Gasteiger partial charge in [0.05, 0.1) is 6.61 Å². The summed E-state index contributed by atoms with van der Waals surface area (Å²) in [5.74, 6) is -0.454. The average molecular weight is 913 g/mol. The molecule has 1 unspecified atom stereocenters. The number of esters is 2. The van der Waals surface area contributed by atoms with Crippen molar-refractivity contribution < 1.29 is 23.8 Å². The third-order valence-corrected chi connectivity index (χ3v) is 11.0. The topological polar surface area (TPSA) is 61.8 Å². The smallest absolute Gasteiger partial charge is 0.306 e. The molecule has 5 heteroatoms. The van der Waals surface area contributed by atoms with Crippen LogP contribution in [0.1, 0.15) is 226 Å². The van der Waals surface area contributed by atoms with E-state index in [0.29, 0.717) is 19.4 Å². The van der Waals surface area contributed by atoms with Crippen LogP contribution in [0.3, 0.4) is 0 Å². The molecule has 0 fully saturated rings. The monoisotopic (exact) mass is 913 g/mol. The SMILES string of the molecule is CC/C=C\C/C=C\C/C=C\C/C=C\CCCCCCCCC(=O)OCC(COCCCCC/C=C\C/C=C\C/C=C\C/C=C\CC)OC(=O)CCCCCCC/C=C\C/C=C\CCCCC. The van der Waals surface area contributed by atoms with Crippen LogP contribution in [0.15, 0.2) is 122 Å². The average Bonchev–Trinajstić information content (AvgIpc) is 3.32. The summed E-state index contributed by atoms with van der Waals surface area (Å²) in [4.78, 5) is 25.5. The molecule has 0 aromatic rings. The van der Waals surface area contributed by atoms with Gasteiger partial charge in [0.2, 0.25) is 0 Å². The zero-order valence-electron chi connectivity index (χ0n) is 42.9. The maximum Gasteiger partial charge on any atom is 0.306 e. The molecule has 0 saturated heterocycles. The van der Waals surface area contributed by atoms with Crippen molar-refractivity contribution in [3.05, 3.63) is 122 Å². The van der Waals surface area contributed by atoms with Crippen molar-refractivity contribution in [1.29, 1.82) is 0 Å². The highest BCUT2D eigenvalue weighted by molar-refractivity contribution is 5.70. The number of hydrogen-bond acceptors (Lipinski definition) is 5. The summed E-state index contributed by atoms with van der Waals surface area (Å²) in [5, 5.41) is 0. The van der Waals surface area contributed by atoms with Gasteiger partial charge in [-0.15, -0.1) is 0 Å². The first kappa shape index (κ1) is 62.3. The lowest BCUT2D eigenvalue weighted by Gasteiger charge is -2.18. The Balaban J connectivity index is 4.40. The van der Waals surface area contributed by atoms with Crippen LogP contribution >= 0.6 is 0 Å². The highest BCUT2D eigenvalue weighted by atomic mass is 16.6. The van der Waals surface area contributed by atoms with Crippen LogP contribution in [-0.2, 0) is 23.8 Å². The molecule has 0 rings (SSSR count). The molecule has 66 heavy (non-hydrogen) atoms.